The number of hydrogen-bond donors (Lipinski definition) is 1. The van der Waals surface area contributed by atoms with Gasteiger partial charge in [-0.25, -0.2) is 0 Å². The molecule has 1 aliphatic heterocycles. The number of nitrogens with zero attached hydrogens (tertiary/aromatic N) is 5. The van der Waals surface area contributed by atoms with Crippen LogP contribution < -0.4 is 4.90 Å². The number of aromatic hydroxyl groups is 1. The maximum absolute atomic E-state index is 13.0. The number of benzene rings is 2. The number of hydrogen-bond acceptors (Lipinski definition) is 6. The number of carbonyl (C=O) groups excluding carboxylic acids is 1. The SMILES string of the molecule is Cn1c(SCC(=O)N2CCN(c3cccc(C(F)(F)F)c3)CC2)nnc1-c1ccc(O)cc1. The standard InChI is InChI=1S/C22H22F3N5O2S/c1-28-20(15-5-7-18(31)8-6-15)26-27-21(28)33-14-19(32)30-11-9-29(10-12-30)17-4-2-3-16(13-17)22(23,24)25/h2-8,13,31H,9-12,14H2,1H3. The van der Waals surface area contributed by atoms with Crippen molar-refractivity contribution in [2.75, 3.05) is 36.8 Å². The summed E-state index contributed by atoms with van der Waals surface area (Å²) < 4.78 is 40.7. The number of carbonyl (C=O) groups is 1. The molecule has 1 amide bonds. The molecule has 0 bridgehead atoms. The van der Waals surface area contributed by atoms with Crippen molar-refractivity contribution in [1.29, 1.82) is 0 Å². The first-order valence-corrected chi connectivity index (χ1v) is 11.2. The van der Waals surface area contributed by atoms with E-state index < -0.39 is 11.7 Å². The largest absolute Gasteiger partial charge is 0.508 e. The second-order valence-electron chi connectivity index (χ2n) is 7.62. The fourth-order valence-corrected chi connectivity index (χ4v) is 4.43. The van der Waals surface area contributed by atoms with Crippen molar-refractivity contribution in [3.05, 3.63) is 54.1 Å². The highest BCUT2D eigenvalue weighted by Crippen LogP contribution is 2.32. The molecule has 0 unspecified atom stereocenters. The zero-order valence-electron chi connectivity index (χ0n) is 17.8. The number of thioether (sulfide) groups is 1. The monoisotopic (exact) mass is 477 g/mol. The Kier molecular flexibility index (Phi) is 6.50. The van der Waals surface area contributed by atoms with Crippen molar-refractivity contribution in [2.24, 2.45) is 7.05 Å². The number of amides is 1. The van der Waals surface area contributed by atoms with E-state index in [9.17, 15) is 23.1 Å². The Labute approximate surface area is 192 Å². The lowest BCUT2D eigenvalue weighted by molar-refractivity contribution is -0.137. The number of rotatable bonds is 5. The van der Waals surface area contributed by atoms with Gasteiger partial charge in [0.1, 0.15) is 5.75 Å². The first kappa shape index (κ1) is 23.0. The lowest BCUT2D eigenvalue weighted by Gasteiger charge is -2.36. The summed E-state index contributed by atoms with van der Waals surface area (Å²) in [6.07, 6.45) is -4.38. The number of phenols is 1. The van der Waals surface area contributed by atoms with Gasteiger partial charge in [-0.3, -0.25) is 4.79 Å². The smallest absolute Gasteiger partial charge is 0.416 e. The second-order valence-corrected chi connectivity index (χ2v) is 8.56. The Bertz CT molecular complexity index is 1130. The van der Waals surface area contributed by atoms with Crippen LogP contribution in [-0.4, -0.2) is 62.6 Å². The molecular formula is C22H22F3N5O2S. The molecule has 4 rings (SSSR count). The Morgan fingerprint density at radius 3 is 2.42 bits per heavy atom. The van der Waals surface area contributed by atoms with Crippen LogP contribution in [-0.2, 0) is 18.0 Å². The number of halogens is 3. The minimum Gasteiger partial charge on any atom is -0.508 e. The molecule has 0 spiro atoms. The molecule has 2 aromatic carbocycles. The molecule has 0 saturated carbocycles. The topological polar surface area (TPSA) is 74.5 Å². The Morgan fingerprint density at radius 1 is 1.06 bits per heavy atom. The number of alkyl halides is 3. The zero-order valence-corrected chi connectivity index (χ0v) is 18.6. The van der Waals surface area contributed by atoms with Gasteiger partial charge in [0.15, 0.2) is 11.0 Å². The highest BCUT2D eigenvalue weighted by atomic mass is 32.2. The van der Waals surface area contributed by atoms with Crippen LogP contribution in [0.1, 0.15) is 5.56 Å². The molecule has 33 heavy (non-hydrogen) atoms. The van der Waals surface area contributed by atoms with Crippen LogP contribution >= 0.6 is 11.8 Å². The summed E-state index contributed by atoms with van der Waals surface area (Å²) in [5, 5.41) is 18.4. The van der Waals surface area contributed by atoms with Gasteiger partial charge in [0, 0.05) is 44.5 Å². The van der Waals surface area contributed by atoms with Gasteiger partial charge in [-0.1, -0.05) is 17.8 Å². The highest BCUT2D eigenvalue weighted by molar-refractivity contribution is 7.99. The highest BCUT2D eigenvalue weighted by Gasteiger charge is 2.31. The summed E-state index contributed by atoms with van der Waals surface area (Å²) in [6.45, 7) is 1.81. The van der Waals surface area contributed by atoms with Gasteiger partial charge in [0.05, 0.1) is 11.3 Å². The molecule has 0 aliphatic carbocycles. The van der Waals surface area contributed by atoms with Gasteiger partial charge in [0.2, 0.25) is 5.91 Å². The Morgan fingerprint density at radius 2 is 1.76 bits per heavy atom. The van der Waals surface area contributed by atoms with Crippen molar-refractivity contribution in [1.82, 2.24) is 19.7 Å². The van der Waals surface area contributed by atoms with Crippen molar-refractivity contribution in [3.63, 3.8) is 0 Å². The third-order valence-corrected chi connectivity index (χ3v) is 6.46. The quantitative estimate of drug-likeness (QED) is 0.566. The summed E-state index contributed by atoms with van der Waals surface area (Å²) in [6, 6.07) is 11.9. The molecule has 7 nitrogen and oxygen atoms in total. The predicted molar refractivity (Wildman–Crippen MR) is 119 cm³/mol. The van der Waals surface area contributed by atoms with E-state index in [1.165, 1.54) is 17.8 Å². The van der Waals surface area contributed by atoms with Crippen molar-refractivity contribution in [3.8, 4) is 17.1 Å². The van der Waals surface area contributed by atoms with Crippen LogP contribution in [0.3, 0.4) is 0 Å². The zero-order chi connectivity index (χ0) is 23.6. The van der Waals surface area contributed by atoms with Crippen molar-refractivity contribution < 1.29 is 23.1 Å². The van der Waals surface area contributed by atoms with Crippen molar-refractivity contribution in [2.45, 2.75) is 11.3 Å². The molecule has 0 radical (unpaired) electrons. The molecule has 3 aromatic rings. The number of phenolic OH excluding ortho intramolecular Hbond substituents is 1. The van der Waals surface area contributed by atoms with E-state index in [2.05, 4.69) is 10.2 Å². The molecule has 1 N–H and O–H groups in total. The third kappa shape index (κ3) is 5.24. The fraction of sp³-hybridized carbons (Fsp3) is 0.318. The molecule has 0 atom stereocenters. The first-order chi connectivity index (χ1) is 15.7. The average Bonchev–Trinajstić information content (AvgIpc) is 3.18. The van der Waals surface area contributed by atoms with Crippen LogP contribution in [0.4, 0.5) is 18.9 Å². The lowest BCUT2D eigenvalue weighted by atomic mass is 10.1. The van der Waals surface area contributed by atoms with Gasteiger partial charge >= 0.3 is 6.18 Å². The normalized spacial score (nSPS) is 14.5. The number of aromatic nitrogens is 3. The van der Waals surface area contributed by atoms with Crippen LogP contribution in [0.5, 0.6) is 5.75 Å². The van der Waals surface area contributed by atoms with E-state index in [4.69, 9.17) is 0 Å². The predicted octanol–water partition coefficient (Wildman–Crippen LogP) is 3.65. The minimum atomic E-state index is -4.38. The van der Waals surface area contributed by atoms with Crippen LogP contribution in [0.2, 0.25) is 0 Å². The summed E-state index contributed by atoms with van der Waals surface area (Å²) >= 11 is 1.28. The molecule has 11 heteroatoms. The summed E-state index contributed by atoms with van der Waals surface area (Å²) in [5.74, 6) is 0.914. The van der Waals surface area contributed by atoms with Gasteiger partial charge < -0.3 is 19.5 Å². The average molecular weight is 478 g/mol. The van der Waals surface area contributed by atoms with E-state index in [1.807, 2.05) is 11.9 Å². The Balaban J connectivity index is 1.32. The molecule has 1 aromatic heterocycles. The van der Waals surface area contributed by atoms with Gasteiger partial charge in [-0.15, -0.1) is 10.2 Å². The van der Waals surface area contributed by atoms with E-state index in [1.54, 1.807) is 39.8 Å². The molecule has 2 heterocycles. The second kappa shape index (κ2) is 9.34. The third-order valence-electron chi connectivity index (χ3n) is 5.46. The van der Waals surface area contributed by atoms with E-state index in [-0.39, 0.29) is 17.4 Å². The molecule has 1 fully saturated rings. The lowest BCUT2D eigenvalue weighted by Crippen LogP contribution is -2.49. The number of anilines is 1. The summed E-state index contributed by atoms with van der Waals surface area (Å²) in [5.41, 5.74) is 0.629. The Hall–Kier alpha value is -3.21. The van der Waals surface area contributed by atoms with E-state index in [0.717, 1.165) is 17.7 Å². The number of piperazine rings is 1. The van der Waals surface area contributed by atoms with Crippen LogP contribution in [0.15, 0.2) is 53.7 Å². The van der Waals surface area contributed by atoms with Crippen molar-refractivity contribution >= 4 is 23.4 Å². The molecule has 1 aliphatic rings. The first-order valence-electron chi connectivity index (χ1n) is 10.2. The van der Waals surface area contributed by atoms with Crippen LogP contribution in [0.25, 0.3) is 11.4 Å². The van der Waals surface area contributed by atoms with E-state index >= 15 is 0 Å². The maximum atomic E-state index is 13.0. The molecular weight excluding hydrogens is 455 g/mol. The molecule has 1 saturated heterocycles. The van der Waals surface area contributed by atoms with Crippen LogP contribution in [0, 0.1) is 0 Å². The van der Waals surface area contributed by atoms with Gasteiger partial charge in [-0.05, 0) is 42.5 Å². The summed E-state index contributed by atoms with van der Waals surface area (Å²) in [7, 11) is 1.81. The summed E-state index contributed by atoms with van der Waals surface area (Å²) in [4.78, 5) is 16.3. The molecule has 174 valence electrons. The van der Waals surface area contributed by atoms with Gasteiger partial charge in [-0.2, -0.15) is 13.2 Å². The minimum absolute atomic E-state index is 0.0575. The fourth-order valence-electron chi connectivity index (χ4n) is 3.61. The van der Waals surface area contributed by atoms with E-state index in [0.29, 0.717) is 42.8 Å². The maximum Gasteiger partial charge on any atom is 0.416 e. The van der Waals surface area contributed by atoms with Gasteiger partial charge in [0.25, 0.3) is 0 Å².